The maximum Gasteiger partial charge on any atom is 0.0708 e. The molecule has 1 heterocycles. The maximum absolute atomic E-state index is 4.70. The van der Waals surface area contributed by atoms with Crippen molar-refractivity contribution < 1.29 is 0 Å². The summed E-state index contributed by atoms with van der Waals surface area (Å²) in [4.78, 5) is 4.70. The Hall–Kier alpha value is -1.37. The summed E-state index contributed by atoms with van der Waals surface area (Å²) in [5, 5.41) is 1.31. The topological polar surface area (TPSA) is 12.9 Å². The van der Waals surface area contributed by atoms with Gasteiger partial charge in [0.05, 0.1) is 5.52 Å². The first-order valence-corrected chi connectivity index (χ1v) is 5.65. The van der Waals surface area contributed by atoms with E-state index in [2.05, 4.69) is 45.0 Å². The molecule has 1 nitrogen and oxygen atoms in total. The molecule has 0 fully saturated rings. The number of benzene rings is 1. The van der Waals surface area contributed by atoms with Crippen molar-refractivity contribution in [3.05, 3.63) is 41.1 Å². The molecule has 1 aromatic heterocycles. The summed E-state index contributed by atoms with van der Waals surface area (Å²) in [5.74, 6) is 0. The van der Waals surface area contributed by atoms with Crippen LogP contribution in [0.25, 0.3) is 10.9 Å². The van der Waals surface area contributed by atoms with Crippen LogP contribution in [-0.2, 0) is 12.8 Å². The predicted molar refractivity (Wildman–Crippen MR) is 65.2 cm³/mol. The number of hydrogen-bond donors (Lipinski definition) is 0. The highest BCUT2D eigenvalue weighted by atomic mass is 14.7. The van der Waals surface area contributed by atoms with Gasteiger partial charge in [0, 0.05) is 11.1 Å². The molecule has 15 heavy (non-hydrogen) atoms. The lowest BCUT2D eigenvalue weighted by molar-refractivity contribution is 0.997. The van der Waals surface area contributed by atoms with Gasteiger partial charge < -0.3 is 0 Å². The van der Waals surface area contributed by atoms with Gasteiger partial charge in [0.2, 0.25) is 0 Å². The van der Waals surface area contributed by atoms with E-state index in [-0.39, 0.29) is 0 Å². The average molecular weight is 199 g/mol. The van der Waals surface area contributed by atoms with E-state index in [0.717, 1.165) is 18.4 Å². The van der Waals surface area contributed by atoms with Crippen molar-refractivity contribution in [2.24, 2.45) is 0 Å². The van der Waals surface area contributed by atoms with Crippen LogP contribution < -0.4 is 0 Å². The largest absolute Gasteiger partial charge is 0.253 e. The second-order valence-corrected chi connectivity index (χ2v) is 3.89. The van der Waals surface area contributed by atoms with E-state index in [9.17, 15) is 0 Å². The van der Waals surface area contributed by atoms with E-state index in [1.54, 1.807) is 0 Å². The number of nitrogens with zero attached hydrogens (tertiary/aromatic N) is 1. The highest BCUT2D eigenvalue weighted by Crippen LogP contribution is 2.23. The number of hydrogen-bond acceptors (Lipinski definition) is 1. The Morgan fingerprint density at radius 2 is 1.80 bits per heavy atom. The predicted octanol–water partition coefficient (Wildman–Crippen LogP) is 3.67. The van der Waals surface area contributed by atoms with Gasteiger partial charge in [-0.3, -0.25) is 4.98 Å². The van der Waals surface area contributed by atoms with Gasteiger partial charge in [0.15, 0.2) is 0 Å². The van der Waals surface area contributed by atoms with E-state index in [1.807, 2.05) is 0 Å². The normalized spacial score (nSPS) is 10.9. The second-order valence-electron chi connectivity index (χ2n) is 3.89. The van der Waals surface area contributed by atoms with Crippen LogP contribution in [0.1, 0.15) is 30.7 Å². The fourth-order valence-corrected chi connectivity index (χ4v) is 2.23. The summed E-state index contributed by atoms with van der Waals surface area (Å²) in [6.45, 7) is 6.58. The molecule has 1 heteroatoms. The third-order valence-corrected chi connectivity index (χ3v) is 3.06. The molecule has 0 saturated carbocycles. The molecule has 78 valence electrons. The SMILES string of the molecule is CCc1nc2ccccc2c(CC)c1C. The molecular formula is C14H17N. The van der Waals surface area contributed by atoms with Crippen LogP contribution in [-0.4, -0.2) is 4.98 Å². The fraction of sp³-hybridized carbons (Fsp3) is 0.357. The third kappa shape index (κ3) is 1.63. The molecule has 0 amide bonds. The Bertz CT molecular complexity index is 486. The molecule has 0 aliphatic rings. The number of aromatic nitrogens is 1. The summed E-state index contributed by atoms with van der Waals surface area (Å²) >= 11 is 0. The van der Waals surface area contributed by atoms with Gasteiger partial charge in [0.25, 0.3) is 0 Å². The van der Waals surface area contributed by atoms with Crippen molar-refractivity contribution in [1.29, 1.82) is 0 Å². The van der Waals surface area contributed by atoms with E-state index in [1.165, 1.54) is 22.2 Å². The zero-order valence-electron chi connectivity index (χ0n) is 9.67. The van der Waals surface area contributed by atoms with Crippen molar-refractivity contribution >= 4 is 10.9 Å². The molecule has 0 spiro atoms. The number of pyridine rings is 1. The van der Waals surface area contributed by atoms with Crippen LogP contribution in [0.3, 0.4) is 0 Å². The maximum atomic E-state index is 4.70. The number of aryl methyl sites for hydroxylation is 2. The molecule has 0 bridgehead atoms. The summed E-state index contributed by atoms with van der Waals surface area (Å²) in [5.41, 5.74) is 5.21. The molecule has 0 N–H and O–H groups in total. The summed E-state index contributed by atoms with van der Waals surface area (Å²) in [7, 11) is 0. The molecule has 0 aliphatic carbocycles. The van der Waals surface area contributed by atoms with E-state index in [0.29, 0.717) is 0 Å². The molecule has 2 aromatic rings. The van der Waals surface area contributed by atoms with Crippen LogP contribution in [0.2, 0.25) is 0 Å². The lowest BCUT2D eigenvalue weighted by Gasteiger charge is -2.11. The second kappa shape index (κ2) is 4.01. The molecule has 0 atom stereocenters. The van der Waals surface area contributed by atoms with Gasteiger partial charge >= 0.3 is 0 Å². The highest BCUT2D eigenvalue weighted by molar-refractivity contribution is 5.83. The van der Waals surface area contributed by atoms with Crippen LogP contribution in [0.15, 0.2) is 24.3 Å². The van der Waals surface area contributed by atoms with Crippen LogP contribution in [0.5, 0.6) is 0 Å². The quantitative estimate of drug-likeness (QED) is 0.719. The van der Waals surface area contributed by atoms with Crippen LogP contribution in [0, 0.1) is 6.92 Å². The van der Waals surface area contributed by atoms with Gasteiger partial charge in [0.1, 0.15) is 0 Å². The van der Waals surface area contributed by atoms with Crippen LogP contribution in [0.4, 0.5) is 0 Å². The number of rotatable bonds is 2. The molecular weight excluding hydrogens is 182 g/mol. The van der Waals surface area contributed by atoms with E-state index < -0.39 is 0 Å². The van der Waals surface area contributed by atoms with Gasteiger partial charge in [-0.15, -0.1) is 0 Å². The lowest BCUT2D eigenvalue weighted by atomic mass is 9.98. The summed E-state index contributed by atoms with van der Waals surface area (Å²) in [6.07, 6.45) is 2.10. The Morgan fingerprint density at radius 3 is 2.47 bits per heavy atom. The first-order valence-electron chi connectivity index (χ1n) is 5.65. The molecule has 0 unspecified atom stereocenters. The zero-order chi connectivity index (χ0) is 10.8. The van der Waals surface area contributed by atoms with Crippen molar-refractivity contribution in [2.75, 3.05) is 0 Å². The van der Waals surface area contributed by atoms with Gasteiger partial charge in [-0.05, 0) is 37.0 Å². The third-order valence-electron chi connectivity index (χ3n) is 3.06. The average Bonchev–Trinajstić information content (AvgIpc) is 2.28. The van der Waals surface area contributed by atoms with Crippen molar-refractivity contribution in [1.82, 2.24) is 4.98 Å². The number of fused-ring (bicyclic) bond motifs is 1. The molecule has 0 radical (unpaired) electrons. The van der Waals surface area contributed by atoms with E-state index >= 15 is 0 Å². The molecule has 2 rings (SSSR count). The van der Waals surface area contributed by atoms with Gasteiger partial charge in [-0.1, -0.05) is 32.0 Å². The molecule has 0 aliphatic heterocycles. The molecule has 1 aromatic carbocycles. The molecule has 0 saturated heterocycles. The Morgan fingerprint density at radius 1 is 1.07 bits per heavy atom. The summed E-state index contributed by atoms with van der Waals surface area (Å²) in [6, 6.07) is 8.43. The van der Waals surface area contributed by atoms with Gasteiger partial charge in [-0.2, -0.15) is 0 Å². The van der Waals surface area contributed by atoms with Crippen LogP contribution >= 0.6 is 0 Å². The minimum Gasteiger partial charge on any atom is -0.253 e. The monoisotopic (exact) mass is 199 g/mol. The smallest absolute Gasteiger partial charge is 0.0708 e. The fourth-order valence-electron chi connectivity index (χ4n) is 2.23. The standard InChI is InChI=1S/C14H17N/c1-4-11-10(3)13(5-2)15-14-9-7-6-8-12(11)14/h6-9H,4-5H2,1-3H3. The Balaban J connectivity index is 2.83. The van der Waals surface area contributed by atoms with E-state index in [4.69, 9.17) is 4.98 Å². The highest BCUT2D eigenvalue weighted by Gasteiger charge is 2.08. The zero-order valence-corrected chi connectivity index (χ0v) is 9.67. The number of para-hydroxylation sites is 1. The minimum atomic E-state index is 1.02. The minimum absolute atomic E-state index is 1.02. The summed E-state index contributed by atoms with van der Waals surface area (Å²) < 4.78 is 0. The first-order chi connectivity index (χ1) is 7.27. The van der Waals surface area contributed by atoms with Crippen molar-refractivity contribution in [2.45, 2.75) is 33.6 Å². The van der Waals surface area contributed by atoms with Crippen molar-refractivity contribution in [3.63, 3.8) is 0 Å². The first kappa shape index (κ1) is 10.2. The Kier molecular flexibility index (Phi) is 2.72. The lowest BCUT2D eigenvalue weighted by Crippen LogP contribution is -1.99. The Labute approximate surface area is 91.2 Å². The van der Waals surface area contributed by atoms with Crippen molar-refractivity contribution in [3.8, 4) is 0 Å². The van der Waals surface area contributed by atoms with Gasteiger partial charge in [-0.25, -0.2) is 0 Å².